The second-order valence-corrected chi connectivity index (χ2v) is 7.63. The van der Waals surface area contributed by atoms with Gasteiger partial charge >= 0.3 is 5.97 Å². The quantitative estimate of drug-likeness (QED) is 0.445. The van der Waals surface area contributed by atoms with Gasteiger partial charge in [-0.15, -0.1) is 0 Å². The van der Waals surface area contributed by atoms with Crippen molar-refractivity contribution in [3.8, 4) is 0 Å². The fourth-order valence-electron chi connectivity index (χ4n) is 6.24. The molecular formula is C22H48O2Y. The SMILES string of the molecule is C.C.C.C.C.CCCC1CC(C)C2C1C1CC2C(C)(C(=O)OC)C1.[Y]. The standard InChI is InChI=1S/C17H28O2.5CH4.Y/c1-5-6-11-7-10(2)14-13-8-12(15(11)14)9-17(13,3)16(18)19-4;;;;;;/h10-15H,5-9H2,1-4H3;5*1H4;. The van der Waals surface area contributed by atoms with Crippen molar-refractivity contribution in [2.24, 2.45) is 40.9 Å². The molecular weight excluding hydrogens is 385 g/mol. The number of hydrogen-bond donors (Lipinski definition) is 0. The number of fused-ring (bicyclic) bond motifs is 5. The molecule has 0 aromatic carbocycles. The van der Waals surface area contributed by atoms with Crippen LogP contribution in [0.25, 0.3) is 0 Å². The molecule has 3 fully saturated rings. The van der Waals surface area contributed by atoms with E-state index in [0.29, 0.717) is 5.92 Å². The van der Waals surface area contributed by atoms with Crippen LogP contribution in [-0.4, -0.2) is 13.1 Å². The fraction of sp³-hybridized carbons (Fsp3) is 0.955. The Hall–Kier alpha value is 0.574. The van der Waals surface area contributed by atoms with E-state index in [1.165, 1.54) is 25.7 Å². The van der Waals surface area contributed by atoms with Gasteiger partial charge in [-0.1, -0.05) is 63.8 Å². The molecule has 3 aliphatic rings. The van der Waals surface area contributed by atoms with Crippen molar-refractivity contribution in [1.29, 1.82) is 0 Å². The van der Waals surface area contributed by atoms with Crippen LogP contribution in [-0.2, 0) is 42.2 Å². The largest absolute Gasteiger partial charge is 0.469 e. The molecule has 0 aliphatic heterocycles. The molecule has 3 rings (SSSR count). The Morgan fingerprint density at radius 2 is 1.64 bits per heavy atom. The third kappa shape index (κ3) is 4.90. The van der Waals surface area contributed by atoms with Gasteiger partial charge in [0, 0.05) is 32.7 Å². The van der Waals surface area contributed by atoms with Gasteiger partial charge in [0.15, 0.2) is 0 Å². The molecule has 0 aromatic rings. The van der Waals surface area contributed by atoms with Crippen LogP contribution in [0.15, 0.2) is 0 Å². The van der Waals surface area contributed by atoms with Crippen LogP contribution in [0.5, 0.6) is 0 Å². The monoisotopic (exact) mass is 433 g/mol. The van der Waals surface area contributed by atoms with Gasteiger partial charge < -0.3 is 4.74 Å². The van der Waals surface area contributed by atoms with Crippen LogP contribution in [0.1, 0.15) is 90.0 Å². The van der Waals surface area contributed by atoms with E-state index in [2.05, 4.69) is 20.8 Å². The van der Waals surface area contributed by atoms with Crippen molar-refractivity contribution in [3.63, 3.8) is 0 Å². The van der Waals surface area contributed by atoms with Gasteiger partial charge in [-0.25, -0.2) is 0 Å². The van der Waals surface area contributed by atoms with Crippen LogP contribution in [0.2, 0.25) is 0 Å². The van der Waals surface area contributed by atoms with Crippen molar-refractivity contribution < 1.29 is 42.2 Å². The van der Waals surface area contributed by atoms with Crippen molar-refractivity contribution in [2.45, 2.75) is 90.0 Å². The van der Waals surface area contributed by atoms with Crippen molar-refractivity contribution in [3.05, 3.63) is 0 Å². The number of esters is 1. The molecule has 1 radical (unpaired) electrons. The molecule has 25 heavy (non-hydrogen) atoms. The van der Waals surface area contributed by atoms with Crippen molar-refractivity contribution in [1.82, 2.24) is 0 Å². The van der Waals surface area contributed by atoms with Crippen LogP contribution >= 0.6 is 0 Å². The maximum atomic E-state index is 12.2. The van der Waals surface area contributed by atoms with E-state index in [1.807, 2.05) is 0 Å². The van der Waals surface area contributed by atoms with E-state index in [0.717, 1.165) is 36.0 Å². The molecule has 0 amide bonds. The Kier molecular flexibility index (Phi) is 16.1. The molecule has 0 aromatic heterocycles. The Morgan fingerprint density at radius 1 is 1.08 bits per heavy atom. The van der Waals surface area contributed by atoms with Gasteiger partial charge in [-0.3, -0.25) is 4.79 Å². The van der Waals surface area contributed by atoms with E-state index in [4.69, 9.17) is 4.74 Å². The van der Waals surface area contributed by atoms with Crippen LogP contribution in [0.4, 0.5) is 0 Å². The predicted octanol–water partition coefficient (Wildman–Crippen LogP) is 7.07. The maximum absolute atomic E-state index is 12.2. The van der Waals surface area contributed by atoms with Crippen LogP contribution in [0, 0.1) is 40.9 Å². The smallest absolute Gasteiger partial charge is 0.311 e. The maximum Gasteiger partial charge on any atom is 0.311 e. The molecule has 3 heteroatoms. The van der Waals surface area contributed by atoms with E-state index in [1.54, 1.807) is 7.11 Å². The van der Waals surface area contributed by atoms with Gasteiger partial charge in [0.2, 0.25) is 0 Å². The topological polar surface area (TPSA) is 26.3 Å². The predicted molar refractivity (Wildman–Crippen MR) is 109 cm³/mol. The average molecular weight is 434 g/mol. The summed E-state index contributed by atoms with van der Waals surface area (Å²) in [7, 11) is 1.55. The van der Waals surface area contributed by atoms with Crippen molar-refractivity contribution in [2.75, 3.05) is 7.11 Å². The summed E-state index contributed by atoms with van der Waals surface area (Å²) in [6, 6.07) is 0. The molecule has 3 saturated carbocycles. The number of hydrogen-bond acceptors (Lipinski definition) is 2. The molecule has 7 unspecified atom stereocenters. The first-order valence-corrected chi connectivity index (χ1v) is 8.11. The molecule has 2 nitrogen and oxygen atoms in total. The third-order valence-corrected chi connectivity index (χ3v) is 6.70. The zero-order valence-corrected chi connectivity index (χ0v) is 16.2. The molecule has 0 spiro atoms. The van der Waals surface area contributed by atoms with Crippen molar-refractivity contribution >= 4 is 5.97 Å². The number of ether oxygens (including phenoxy) is 1. The molecule has 0 N–H and O–H groups in total. The van der Waals surface area contributed by atoms with Gasteiger partial charge in [0.1, 0.15) is 0 Å². The van der Waals surface area contributed by atoms with Crippen LogP contribution in [0.3, 0.4) is 0 Å². The first-order valence-electron chi connectivity index (χ1n) is 8.11. The number of carbonyl (C=O) groups is 1. The number of rotatable bonds is 3. The van der Waals surface area contributed by atoms with E-state index >= 15 is 0 Å². The molecule has 3 aliphatic carbocycles. The summed E-state index contributed by atoms with van der Waals surface area (Å²) in [4.78, 5) is 12.2. The first-order chi connectivity index (χ1) is 9.02. The second-order valence-electron chi connectivity index (χ2n) is 7.63. The summed E-state index contributed by atoms with van der Waals surface area (Å²) in [6.45, 7) is 6.90. The van der Waals surface area contributed by atoms with Gasteiger partial charge in [-0.2, -0.15) is 0 Å². The van der Waals surface area contributed by atoms with E-state index in [-0.39, 0.29) is 81.2 Å². The Morgan fingerprint density at radius 3 is 2.12 bits per heavy atom. The average Bonchev–Trinajstić information content (AvgIpc) is 3.00. The number of carbonyl (C=O) groups excluding carboxylic acids is 1. The Balaban J connectivity index is -0.000000367. The molecule has 0 saturated heterocycles. The molecule has 151 valence electrons. The summed E-state index contributed by atoms with van der Waals surface area (Å²) in [5, 5.41) is 0. The zero-order chi connectivity index (χ0) is 13.8. The molecule has 7 atom stereocenters. The normalized spacial score (nSPS) is 39.0. The third-order valence-electron chi connectivity index (χ3n) is 6.70. The minimum absolute atomic E-state index is 0. The minimum Gasteiger partial charge on any atom is -0.469 e. The summed E-state index contributed by atoms with van der Waals surface area (Å²) < 4.78 is 5.11. The molecule has 2 bridgehead atoms. The summed E-state index contributed by atoms with van der Waals surface area (Å²) >= 11 is 0. The minimum atomic E-state index is -0.185. The Bertz CT molecular complexity index is 384. The van der Waals surface area contributed by atoms with Gasteiger partial charge in [0.05, 0.1) is 12.5 Å². The zero-order valence-electron chi connectivity index (χ0n) is 13.4. The second kappa shape index (κ2) is 12.1. The molecule has 0 heterocycles. The summed E-state index contributed by atoms with van der Waals surface area (Å²) in [6.07, 6.45) is 6.47. The summed E-state index contributed by atoms with van der Waals surface area (Å²) in [5.74, 6) is 4.87. The van der Waals surface area contributed by atoms with Gasteiger partial charge in [-0.05, 0) is 61.7 Å². The van der Waals surface area contributed by atoms with E-state index < -0.39 is 0 Å². The van der Waals surface area contributed by atoms with Crippen LogP contribution < -0.4 is 0 Å². The number of methoxy groups -OCH3 is 1. The Labute approximate surface area is 185 Å². The fourth-order valence-corrected chi connectivity index (χ4v) is 6.24. The summed E-state index contributed by atoms with van der Waals surface area (Å²) in [5.41, 5.74) is -0.185. The van der Waals surface area contributed by atoms with Gasteiger partial charge in [0.25, 0.3) is 0 Å². The first kappa shape index (κ1) is 33.2. The van der Waals surface area contributed by atoms with E-state index in [9.17, 15) is 4.79 Å².